The molecule has 0 rings (SSSR count). The molecule has 0 aliphatic carbocycles. The maximum Gasteiger partial charge on any atom is 1.00 e. The first-order chi connectivity index (χ1) is 3.18. The summed E-state index contributed by atoms with van der Waals surface area (Å²) in [4.78, 5) is 1.39. The molecule has 0 bridgehead atoms. The molecule has 5 heteroatoms. The van der Waals surface area contributed by atoms with Crippen LogP contribution in [0.25, 0.3) is 0 Å². The second-order valence-corrected chi connectivity index (χ2v) is 2.14. The summed E-state index contributed by atoms with van der Waals surface area (Å²) in [6.45, 7) is -0.0949. The van der Waals surface area contributed by atoms with Crippen molar-refractivity contribution in [2.24, 2.45) is 0 Å². The molecule has 0 aromatic heterocycles. The first-order valence-corrected chi connectivity index (χ1v) is 2.53. The Hall–Kier alpha value is 1.07. The van der Waals surface area contributed by atoms with E-state index in [0.29, 0.717) is 4.32 Å². The number of aliphatic hydroxyl groups excluding tert-OH is 1. The quantitative estimate of drug-likeness (QED) is 0.187. The number of thiocarbonyl (C=S) groups is 1. The maximum atomic E-state index is 8.28. The molecule has 0 aromatic rings. The Morgan fingerprint density at radius 2 is 2.25 bits per heavy atom. The van der Waals surface area contributed by atoms with Gasteiger partial charge in [-0.2, -0.15) is 0 Å². The van der Waals surface area contributed by atoms with Gasteiger partial charge in [-0.1, -0.05) is 4.32 Å². The Kier molecular flexibility index (Phi) is 9.15. The Bertz CT molecular complexity index is 79.7. The van der Waals surface area contributed by atoms with Crippen molar-refractivity contribution in [3.05, 3.63) is 0 Å². The minimum atomic E-state index is -0.0949. The van der Waals surface area contributed by atoms with Gasteiger partial charge in [0.05, 0.1) is 0 Å². The molecular formula is C3H6NNaOS2. The van der Waals surface area contributed by atoms with Crippen LogP contribution in [0.4, 0.5) is 0 Å². The number of hydrogen-bond acceptors (Lipinski definition) is 3. The monoisotopic (exact) mass is 159 g/mol. The zero-order chi connectivity index (χ0) is 5.86. The maximum absolute atomic E-state index is 8.28. The van der Waals surface area contributed by atoms with E-state index in [0.717, 1.165) is 0 Å². The van der Waals surface area contributed by atoms with Gasteiger partial charge >= 0.3 is 29.6 Å². The summed E-state index contributed by atoms with van der Waals surface area (Å²) < 4.78 is 0.294. The first kappa shape index (κ1) is 11.8. The van der Waals surface area contributed by atoms with Gasteiger partial charge in [-0.15, -0.1) is 0 Å². The number of rotatable bonds is 1. The Morgan fingerprint density at radius 1 is 1.88 bits per heavy atom. The van der Waals surface area contributed by atoms with Gasteiger partial charge in [0.2, 0.25) is 0 Å². The van der Waals surface area contributed by atoms with Gasteiger partial charge in [0.1, 0.15) is 6.73 Å². The standard InChI is InChI=1S/C3H7NOS2.Na/c1-4(2-5)3(6)7;/h5H,2H2,1H3,(H,6,7);/q;+1/p-1. The molecule has 42 valence electrons. The molecule has 0 radical (unpaired) electrons. The average Bonchev–Trinajstić information content (AvgIpc) is 1.65. The van der Waals surface area contributed by atoms with Crippen LogP contribution in [0, 0.1) is 0 Å². The summed E-state index contributed by atoms with van der Waals surface area (Å²) >= 11 is 9.00. The van der Waals surface area contributed by atoms with Gasteiger partial charge in [0.15, 0.2) is 0 Å². The molecule has 0 saturated carbocycles. The van der Waals surface area contributed by atoms with Gasteiger partial charge in [-0.05, 0) is 0 Å². The van der Waals surface area contributed by atoms with Gasteiger partial charge in [-0.3, -0.25) is 0 Å². The molecule has 2 nitrogen and oxygen atoms in total. The average molecular weight is 159 g/mol. The third-order valence-corrected chi connectivity index (χ3v) is 1.15. The second-order valence-electron chi connectivity index (χ2n) is 1.11. The topological polar surface area (TPSA) is 23.5 Å². The van der Waals surface area contributed by atoms with E-state index in [-0.39, 0.29) is 36.3 Å². The van der Waals surface area contributed by atoms with E-state index in [4.69, 9.17) is 5.11 Å². The van der Waals surface area contributed by atoms with Crippen LogP contribution >= 0.6 is 12.2 Å². The Morgan fingerprint density at radius 3 is 2.25 bits per heavy atom. The van der Waals surface area contributed by atoms with E-state index in [1.54, 1.807) is 7.05 Å². The molecule has 0 amide bonds. The van der Waals surface area contributed by atoms with Crippen molar-refractivity contribution in [1.29, 1.82) is 0 Å². The third kappa shape index (κ3) is 5.21. The fourth-order valence-corrected chi connectivity index (χ4v) is 0.173. The number of aliphatic hydroxyl groups is 1. The second kappa shape index (κ2) is 6.19. The van der Waals surface area contributed by atoms with Gasteiger partial charge in [0.25, 0.3) is 0 Å². The van der Waals surface area contributed by atoms with E-state index in [2.05, 4.69) is 24.8 Å². The SMILES string of the molecule is CN(CO)C(=S)[S-].[Na+]. The molecular weight excluding hydrogens is 153 g/mol. The summed E-state index contributed by atoms with van der Waals surface area (Å²) in [5.41, 5.74) is 0. The molecule has 0 saturated heterocycles. The smallest absolute Gasteiger partial charge is 0.411 e. The zero-order valence-corrected chi connectivity index (χ0v) is 8.55. The van der Waals surface area contributed by atoms with Crippen LogP contribution in [0.3, 0.4) is 0 Å². The molecule has 0 unspecified atom stereocenters. The third-order valence-electron chi connectivity index (χ3n) is 0.524. The summed E-state index contributed by atoms with van der Waals surface area (Å²) in [7, 11) is 1.63. The van der Waals surface area contributed by atoms with Crippen molar-refractivity contribution in [2.75, 3.05) is 13.8 Å². The molecule has 0 heterocycles. The number of nitrogens with zero attached hydrogens (tertiary/aromatic N) is 1. The zero-order valence-electron chi connectivity index (χ0n) is 4.92. The van der Waals surface area contributed by atoms with Crippen LogP contribution in [0.5, 0.6) is 0 Å². The largest absolute Gasteiger partial charge is 1.00 e. The van der Waals surface area contributed by atoms with Gasteiger partial charge in [0, 0.05) is 7.05 Å². The normalized spacial score (nSPS) is 7.25. The molecule has 8 heavy (non-hydrogen) atoms. The molecule has 0 atom stereocenters. The van der Waals surface area contributed by atoms with E-state index in [1.807, 2.05) is 0 Å². The van der Waals surface area contributed by atoms with Crippen LogP contribution in [-0.2, 0) is 12.6 Å². The fourth-order valence-electron chi connectivity index (χ4n) is 0.0577. The van der Waals surface area contributed by atoms with Crippen LogP contribution in [0.1, 0.15) is 0 Å². The van der Waals surface area contributed by atoms with Crippen molar-refractivity contribution in [3.8, 4) is 0 Å². The fraction of sp³-hybridized carbons (Fsp3) is 0.667. The molecule has 0 fully saturated rings. The molecule has 1 N–H and O–H groups in total. The summed E-state index contributed by atoms with van der Waals surface area (Å²) in [5.74, 6) is 0. The summed E-state index contributed by atoms with van der Waals surface area (Å²) in [6, 6.07) is 0. The molecule has 0 spiro atoms. The van der Waals surface area contributed by atoms with Crippen LogP contribution < -0.4 is 29.6 Å². The summed E-state index contributed by atoms with van der Waals surface area (Å²) in [6.07, 6.45) is 0. The van der Waals surface area contributed by atoms with Crippen LogP contribution in [-0.4, -0.2) is 28.1 Å². The van der Waals surface area contributed by atoms with Crippen molar-refractivity contribution in [1.82, 2.24) is 4.90 Å². The number of hydrogen-bond donors (Lipinski definition) is 1. The van der Waals surface area contributed by atoms with E-state index < -0.39 is 0 Å². The van der Waals surface area contributed by atoms with Crippen molar-refractivity contribution >= 4 is 29.2 Å². The van der Waals surface area contributed by atoms with E-state index in [1.165, 1.54) is 4.90 Å². The van der Waals surface area contributed by atoms with Crippen LogP contribution in [0.15, 0.2) is 0 Å². The van der Waals surface area contributed by atoms with Gasteiger partial charge in [-0.25, -0.2) is 0 Å². The van der Waals surface area contributed by atoms with Crippen molar-refractivity contribution < 1.29 is 34.7 Å². The molecule has 0 aromatic carbocycles. The van der Waals surface area contributed by atoms with E-state index in [9.17, 15) is 0 Å². The molecule has 0 aliphatic rings. The first-order valence-electron chi connectivity index (χ1n) is 1.71. The minimum absolute atomic E-state index is 0. The Balaban J connectivity index is 0. The Labute approximate surface area is 82.0 Å². The summed E-state index contributed by atoms with van der Waals surface area (Å²) in [5, 5.41) is 8.28. The predicted octanol–water partition coefficient (Wildman–Crippen LogP) is -3.30. The van der Waals surface area contributed by atoms with E-state index >= 15 is 0 Å². The van der Waals surface area contributed by atoms with Crippen molar-refractivity contribution in [2.45, 2.75) is 0 Å². The van der Waals surface area contributed by atoms with Crippen LogP contribution in [0.2, 0.25) is 0 Å². The molecule has 0 aliphatic heterocycles. The van der Waals surface area contributed by atoms with Crippen molar-refractivity contribution in [3.63, 3.8) is 0 Å². The minimum Gasteiger partial charge on any atom is -0.411 e. The predicted molar refractivity (Wildman–Crippen MR) is 34.8 cm³/mol. The van der Waals surface area contributed by atoms with Gasteiger partial charge < -0.3 is 34.9 Å².